The van der Waals surface area contributed by atoms with Crippen molar-refractivity contribution in [3.8, 4) is 0 Å². The molecule has 0 radical (unpaired) electrons. The summed E-state index contributed by atoms with van der Waals surface area (Å²) < 4.78 is 5.23. The monoisotopic (exact) mass is 270 g/mol. The molecule has 0 unspecified atom stereocenters. The molecule has 20 heavy (non-hydrogen) atoms. The number of nitrogens with zero attached hydrogens (tertiary/aromatic N) is 1. The Kier molecular flexibility index (Phi) is 3.83. The molecule has 0 fully saturated rings. The van der Waals surface area contributed by atoms with Crippen LogP contribution in [0.4, 0.5) is 5.69 Å². The van der Waals surface area contributed by atoms with E-state index in [1.165, 1.54) is 5.56 Å². The standard InChI is InChI=1S/C16H18N2O2/c19-16(7-9-17-12-14-5-3-11-20-14)18-10-8-13-4-1-2-6-15(13)18/h1-6,11,17H,7-10,12H2. The number of benzene rings is 1. The van der Waals surface area contributed by atoms with Gasteiger partial charge in [-0.05, 0) is 30.2 Å². The number of nitrogens with one attached hydrogen (secondary N) is 1. The van der Waals surface area contributed by atoms with Gasteiger partial charge in [0.2, 0.25) is 5.91 Å². The predicted molar refractivity (Wildman–Crippen MR) is 77.5 cm³/mol. The molecule has 1 amide bonds. The Bertz CT molecular complexity index is 578. The molecule has 1 aromatic carbocycles. The fourth-order valence-corrected chi connectivity index (χ4v) is 2.55. The maximum absolute atomic E-state index is 12.2. The van der Waals surface area contributed by atoms with Crippen LogP contribution in [0.2, 0.25) is 0 Å². The van der Waals surface area contributed by atoms with Crippen molar-refractivity contribution >= 4 is 11.6 Å². The molecule has 3 rings (SSSR count). The number of carbonyl (C=O) groups excluding carboxylic acids is 1. The van der Waals surface area contributed by atoms with Gasteiger partial charge in [0, 0.05) is 25.2 Å². The van der Waals surface area contributed by atoms with Crippen LogP contribution in [0.25, 0.3) is 0 Å². The number of para-hydroxylation sites is 1. The van der Waals surface area contributed by atoms with E-state index in [0.717, 1.165) is 24.4 Å². The minimum atomic E-state index is 0.182. The number of anilines is 1. The molecule has 2 heterocycles. The van der Waals surface area contributed by atoms with Crippen molar-refractivity contribution in [1.29, 1.82) is 0 Å². The average molecular weight is 270 g/mol. The Morgan fingerprint density at radius 3 is 3.00 bits per heavy atom. The van der Waals surface area contributed by atoms with Crippen LogP contribution >= 0.6 is 0 Å². The second-order valence-corrected chi connectivity index (χ2v) is 4.93. The lowest BCUT2D eigenvalue weighted by atomic mass is 10.2. The molecule has 1 aromatic heterocycles. The summed E-state index contributed by atoms with van der Waals surface area (Å²) >= 11 is 0. The zero-order chi connectivity index (χ0) is 13.8. The largest absolute Gasteiger partial charge is 0.468 e. The zero-order valence-electron chi connectivity index (χ0n) is 11.3. The maximum Gasteiger partial charge on any atom is 0.228 e. The summed E-state index contributed by atoms with van der Waals surface area (Å²) in [6, 6.07) is 11.9. The minimum Gasteiger partial charge on any atom is -0.468 e. The molecule has 1 N–H and O–H groups in total. The third-order valence-corrected chi connectivity index (χ3v) is 3.58. The van der Waals surface area contributed by atoms with Gasteiger partial charge in [-0.15, -0.1) is 0 Å². The number of furan rings is 1. The second kappa shape index (κ2) is 5.92. The molecule has 4 heteroatoms. The van der Waals surface area contributed by atoms with E-state index in [-0.39, 0.29) is 5.91 Å². The van der Waals surface area contributed by atoms with Crippen LogP contribution < -0.4 is 10.2 Å². The van der Waals surface area contributed by atoms with Gasteiger partial charge in [-0.3, -0.25) is 4.79 Å². The molecule has 1 aliphatic heterocycles. The van der Waals surface area contributed by atoms with E-state index in [9.17, 15) is 4.79 Å². The first kappa shape index (κ1) is 12.9. The van der Waals surface area contributed by atoms with E-state index in [1.54, 1.807) is 6.26 Å². The normalized spacial score (nSPS) is 13.5. The Labute approximate surface area is 118 Å². The molecule has 0 spiro atoms. The quantitative estimate of drug-likeness (QED) is 0.848. The number of rotatable bonds is 5. The fraction of sp³-hybridized carbons (Fsp3) is 0.312. The highest BCUT2D eigenvalue weighted by Crippen LogP contribution is 2.27. The lowest BCUT2D eigenvalue weighted by molar-refractivity contribution is -0.118. The van der Waals surface area contributed by atoms with Gasteiger partial charge in [0.25, 0.3) is 0 Å². The smallest absolute Gasteiger partial charge is 0.228 e. The molecule has 0 saturated heterocycles. The number of hydrogen-bond acceptors (Lipinski definition) is 3. The molecule has 0 saturated carbocycles. The second-order valence-electron chi connectivity index (χ2n) is 4.93. The van der Waals surface area contributed by atoms with Crippen molar-refractivity contribution in [3.63, 3.8) is 0 Å². The number of carbonyl (C=O) groups is 1. The van der Waals surface area contributed by atoms with Crippen LogP contribution in [0.1, 0.15) is 17.7 Å². The number of fused-ring (bicyclic) bond motifs is 1. The number of amides is 1. The van der Waals surface area contributed by atoms with E-state index in [0.29, 0.717) is 19.5 Å². The molecule has 2 aromatic rings. The Hall–Kier alpha value is -2.07. The van der Waals surface area contributed by atoms with Crippen molar-refractivity contribution in [1.82, 2.24) is 5.32 Å². The third kappa shape index (κ3) is 2.75. The van der Waals surface area contributed by atoms with E-state index >= 15 is 0 Å². The highest BCUT2D eigenvalue weighted by Gasteiger charge is 2.23. The molecular weight excluding hydrogens is 252 g/mol. The van der Waals surface area contributed by atoms with Crippen molar-refractivity contribution < 1.29 is 9.21 Å². The van der Waals surface area contributed by atoms with E-state index in [4.69, 9.17) is 4.42 Å². The van der Waals surface area contributed by atoms with Crippen molar-refractivity contribution in [2.24, 2.45) is 0 Å². The van der Waals surface area contributed by atoms with Gasteiger partial charge in [0.15, 0.2) is 0 Å². The van der Waals surface area contributed by atoms with Crippen LogP contribution in [-0.2, 0) is 17.8 Å². The van der Waals surface area contributed by atoms with E-state index < -0.39 is 0 Å². The molecule has 104 valence electrons. The van der Waals surface area contributed by atoms with Crippen LogP contribution in [0.15, 0.2) is 47.1 Å². The van der Waals surface area contributed by atoms with Gasteiger partial charge in [-0.2, -0.15) is 0 Å². The highest BCUT2D eigenvalue weighted by atomic mass is 16.3. The first-order valence-electron chi connectivity index (χ1n) is 6.96. The van der Waals surface area contributed by atoms with Gasteiger partial charge in [-0.25, -0.2) is 0 Å². The zero-order valence-corrected chi connectivity index (χ0v) is 11.3. The third-order valence-electron chi connectivity index (χ3n) is 3.58. The fourth-order valence-electron chi connectivity index (χ4n) is 2.55. The van der Waals surface area contributed by atoms with Gasteiger partial charge in [0.1, 0.15) is 5.76 Å². The molecule has 0 atom stereocenters. The van der Waals surface area contributed by atoms with Crippen LogP contribution in [0.5, 0.6) is 0 Å². The van der Waals surface area contributed by atoms with Gasteiger partial charge in [0.05, 0.1) is 12.8 Å². The van der Waals surface area contributed by atoms with E-state index in [2.05, 4.69) is 11.4 Å². The van der Waals surface area contributed by atoms with Gasteiger partial charge >= 0.3 is 0 Å². The summed E-state index contributed by atoms with van der Waals surface area (Å²) in [5, 5.41) is 3.22. The predicted octanol–water partition coefficient (Wildman–Crippen LogP) is 2.35. The van der Waals surface area contributed by atoms with Crippen molar-refractivity contribution in [2.45, 2.75) is 19.4 Å². The lowest BCUT2D eigenvalue weighted by Crippen LogP contribution is -2.31. The summed E-state index contributed by atoms with van der Waals surface area (Å²) in [7, 11) is 0. The topological polar surface area (TPSA) is 45.5 Å². The molecule has 4 nitrogen and oxygen atoms in total. The van der Waals surface area contributed by atoms with Crippen molar-refractivity contribution in [3.05, 3.63) is 54.0 Å². The van der Waals surface area contributed by atoms with Gasteiger partial charge < -0.3 is 14.6 Å². The van der Waals surface area contributed by atoms with Crippen molar-refractivity contribution in [2.75, 3.05) is 18.0 Å². The molecular formula is C16H18N2O2. The van der Waals surface area contributed by atoms with E-state index in [1.807, 2.05) is 35.2 Å². The highest BCUT2D eigenvalue weighted by molar-refractivity contribution is 5.95. The summed E-state index contributed by atoms with van der Waals surface area (Å²) in [6.07, 6.45) is 3.13. The summed E-state index contributed by atoms with van der Waals surface area (Å²) in [5.74, 6) is 1.07. The maximum atomic E-state index is 12.2. The van der Waals surface area contributed by atoms with Gasteiger partial charge in [-0.1, -0.05) is 18.2 Å². The first-order valence-corrected chi connectivity index (χ1v) is 6.96. The first-order chi connectivity index (χ1) is 9.84. The van der Waals surface area contributed by atoms with Crippen LogP contribution in [0, 0.1) is 0 Å². The molecule has 0 aliphatic carbocycles. The number of hydrogen-bond donors (Lipinski definition) is 1. The average Bonchev–Trinajstić information content (AvgIpc) is 3.12. The summed E-state index contributed by atoms with van der Waals surface area (Å²) in [6.45, 7) is 2.13. The Balaban J connectivity index is 1.48. The molecule has 0 bridgehead atoms. The lowest BCUT2D eigenvalue weighted by Gasteiger charge is -2.17. The Morgan fingerprint density at radius 1 is 1.25 bits per heavy atom. The minimum absolute atomic E-state index is 0.182. The molecule has 1 aliphatic rings. The van der Waals surface area contributed by atoms with Crippen LogP contribution in [0.3, 0.4) is 0 Å². The SMILES string of the molecule is O=C(CCNCc1ccco1)N1CCc2ccccc21. The summed E-state index contributed by atoms with van der Waals surface area (Å²) in [4.78, 5) is 14.1. The summed E-state index contributed by atoms with van der Waals surface area (Å²) in [5.41, 5.74) is 2.34. The Morgan fingerprint density at radius 2 is 2.15 bits per heavy atom. The van der Waals surface area contributed by atoms with Crippen LogP contribution in [-0.4, -0.2) is 19.0 Å².